The lowest BCUT2D eigenvalue weighted by atomic mass is 10.4. The van der Waals surface area contributed by atoms with Gasteiger partial charge in [-0.3, -0.25) is 0 Å². The Bertz CT molecular complexity index is 551. The summed E-state index contributed by atoms with van der Waals surface area (Å²) >= 11 is 1.39. The number of nitrogens with two attached hydrogens (primary N) is 1. The molecule has 0 saturated heterocycles. The fourth-order valence-corrected chi connectivity index (χ4v) is 2.41. The van der Waals surface area contributed by atoms with E-state index in [9.17, 15) is 0 Å². The monoisotopic (exact) mass is 262 g/mol. The first-order chi connectivity index (χ1) is 8.56. The van der Waals surface area contributed by atoms with Crippen LogP contribution in [0.1, 0.15) is 17.2 Å². The summed E-state index contributed by atoms with van der Waals surface area (Å²) in [6.45, 7) is 5.70. The van der Waals surface area contributed by atoms with Gasteiger partial charge in [-0.15, -0.1) is 0 Å². The van der Waals surface area contributed by atoms with Crippen molar-refractivity contribution in [3.8, 4) is 0 Å². The maximum atomic E-state index is 5.35. The molecular weight excluding hydrogens is 248 g/mol. The molecule has 0 saturated carbocycles. The van der Waals surface area contributed by atoms with Gasteiger partial charge in [0, 0.05) is 17.5 Å². The molecule has 3 N–H and O–H groups in total. The highest BCUT2D eigenvalue weighted by Crippen LogP contribution is 2.24. The molecule has 2 aromatic heterocycles. The summed E-state index contributed by atoms with van der Waals surface area (Å²) in [7, 11) is 0. The number of nitrogen functional groups attached to an aromatic ring is 1. The minimum Gasteiger partial charge on any atom is -0.308 e. The van der Waals surface area contributed by atoms with Gasteiger partial charge in [0.15, 0.2) is 5.16 Å². The number of hydrazine groups is 1. The van der Waals surface area contributed by atoms with E-state index in [0.717, 1.165) is 16.4 Å². The van der Waals surface area contributed by atoms with E-state index in [1.807, 2.05) is 26.8 Å². The molecule has 0 radical (unpaired) electrons. The number of nitrogens with one attached hydrogen (secondary N) is 1. The summed E-state index contributed by atoms with van der Waals surface area (Å²) in [5.74, 6) is 6.58. The van der Waals surface area contributed by atoms with Crippen LogP contribution in [0.3, 0.4) is 0 Å². The molecule has 0 aliphatic carbocycles. The zero-order chi connectivity index (χ0) is 13.1. The minimum atomic E-state index is 0.578. The SMILES string of the molecule is Cc1cc(C)nc(Sc2cc(NN)nc(C)n2)n1. The number of nitrogens with zero attached hydrogens (tertiary/aromatic N) is 4. The predicted octanol–water partition coefficient (Wildman–Crippen LogP) is 1.63. The van der Waals surface area contributed by atoms with Crippen molar-refractivity contribution in [2.75, 3.05) is 5.43 Å². The highest BCUT2D eigenvalue weighted by atomic mass is 32.2. The van der Waals surface area contributed by atoms with Crippen LogP contribution in [0.5, 0.6) is 0 Å². The first kappa shape index (κ1) is 12.7. The van der Waals surface area contributed by atoms with Crippen molar-refractivity contribution in [2.24, 2.45) is 5.84 Å². The van der Waals surface area contributed by atoms with E-state index in [1.165, 1.54) is 11.8 Å². The molecule has 0 fully saturated rings. The van der Waals surface area contributed by atoms with Gasteiger partial charge < -0.3 is 5.43 Å². The van der Waals surface area contributed by atoms with Crippen LogP contribution in [-0.4, -0.2) is 19.9 Å². The van der Waals surface area contributed by atoms with Crippen LogP contribution in [0.25, 0.3) is 0 Å². The number of hydrogen-bond donors (Lipinski definition) is 2. The molecule has 0 unspecified atom stereocenters. The van der Waals surface area contributed by atoms with E-state index in [0.29, 0.717) is 16.8 Å². The molecule has 2 rings (SSSR count). The third kappa shape index (κ3) is 3.14. The summed E-state index contributed by atoms with van der Waals surface area (Å²) in [4.78, 5) is 17.1. The normalized spacial score (nSPS) is 10.4. The predicted molar refractivity (Wildman–Crippen MR) is 70.2 cm³/mol. The van der Waals surface area contributed by atoms with Crippen molar-refractivity contribution in [1.29, 1.82) is 0 Å². The van der Waals surface area contributed by atoms with Crippen molar-refractivity contribution in [3.05, 3.63) is 29.3 Å². The largest absolute Gasteiger partial charge is 0.308 e. The number of aromatic nitrogens is 4. The van der Waals surface area contributed by atoms with Gasteiger partial charge in [0.2, 0.25) is 0 Å². The standard InChI is InChI=1S/C11H14N6S/c1-6-4-7(2)14-11(13-6)18-10-5-9(17-12)15-8(3)16-10/h4-5H,12H2,1-3H3,(H,15,16,17). The maximum Gasteiger partial charge on any atom is 0.194 e. The van der Waals surface area contributed by atoms with Crippen molar-refractivity contribution < 1.29 is 0 Å². The topological polar surface area (TPSA) is 89.6 Å². The Morgan fingerprint density at radius 1 is 1.00 bits per heavy atom. The molecule has 2 aromatic rings. The first-order valence-corrected chi connectivity index (χ1v) is 6.21. The average Bonchev–Trinajstić information content (AvgIpc) is 2.26. The number of aryl methyl sites for hydroxylation is 3. The highest BCUT2D eigenvalue weighted by Gasteiger charge is 2.06. The maximum absolute atomic E-state index is 5.35. The summed E-state index contributed by atoms with van der Waals surface area (Å²) in [5.41, 5.74) is 4.39. The van der Waals surface area contributed by atoms with Crippen molar-refractivity contribution in [3.63, 3.8) is 0 Å². The van der Waals surface area contributed by atoms with Gasteiger partial charge in [-0.05, 0) is 38.6 Å². The lowest BCUT2D eigenvalue weighted by molar-refractivity contribution is 0.893. The van der Waals surface area contributed by atoms with E-state index in [1.54, 1.807) is 6.07 Å². The molecule has 0 aliphatic rings. The molecular formula is C11H14N6S. The van der Waals surface area contributed by atoms with Gasteiger partial charge in [-0.1, -0.05) is 0 Å². The van der Waals surface area contributed by atoms with Crippen LogP contribution in [0.15, 0.2) is 22.3 Å². The van der Waals surface area contributed by atoms with Crippen LogP contribution < -0.4 is 11.3 Å². The third-order valence-corrected chi connectivity index (χ3v) is 2.90. The summed E-state index contributed by atoms with van der Waals surface area (Å²) in [6.07, 6.45) is 0. The average molecular weight is 262 g/mol. The smallest absolute Gasteiger partial charge is 0.194 e. The van der Waals surface area contributed by atoms with Crippen LogP contribution in [0.2, 0.25) is 0 Å². The minimum absolute atomic E-state index is 0.578. The van der Waals surface area contributed by atoms with Gasteiger partial charge in [0.25, 0.3) is 0 Å². The molecule has 0 aliphatic heterocycles. The fraction of sp³-hybridized carbons (Fsp3) is 0.273. The van der Waals surface area contributed by atoms with Crippen molar-refractivity contribution in [1.82, 2.24) is 19.9 Å². The van der Waals surface area contributed by atoms with Crippen molar-refractivity contribution in [2.45, 2.75) is 31.0 Å². The molecule has 0 atom stereocenters. The first-order valence-electron chi connectivity index (χ1n) is 5.39. The van der Waals surface area contributed by atoms with E-state index in [-0.39, 0.29) is 0 Å². The quantitative estimate of drug-likeness (QED) is 0.376. The Morgan fingerprint density at radius 3 is 2.28 bits per heavy atom. The summed E-state index contributed by atoms with van der Waals surface area (Å²) in [6, 6.07) is 3.70. The Kier molecular flexibility index (Phi) is 3.73. The molecule has 7 heteroatoms. The Labute approximate surface area is 109 Å². The summed E-state index contributed by atoms with van der Waals surface area (Å²) in [5, 5.41) is 1.44. The Morgan fingerprint density at radius 2 is 1.67 bits per heavy atom. The summed E-state index contributed by atoms with van der Waals surface area (Å²) < 4.78 is 0. The number of anilines is 1. The molecule has 0 spiro atoms. The van der Waals surface area contributed by atoms with Gasteiger partial charge in [-0.2, -0.15) is 0 Å². The highest BCUT2D eigenvalue weighted by molar-refractivity contribution is 7.99. The van der Waals surface area contributed by atoms with Crippen molar-refractivity contribution >= 4 is 17.6 Å². The lowest BCUT2D eigenvalue weighted by Gasteiger charge is -2.05. The molecule has 18 heavy (non-hydrogen) atoms. The molecule has 0 bridgehead atoms. The van der Waals surface area contributed by atoms with Crippen LogP contribution in [0, 0.1) is 20.8 Å². The zero-order valence-corrected chi connectivity index (χ0v) is 11.2. The van der Waals surface area contributed by atoms with Crippen LogP contribution in [0.4, 0.5) is 5.82 Å². The van der Waals surface area contributed by atoms with Gasteiger partial charge >= 0.3 is 0 Å². The van der Waals surface area contributed by atoms with Crippen LogP contribution in [-0.2, 0) is 0 Å². The van der Waals surface area contributed by atoms with Gasteiger partial charge in [-0.25, -0.2) is 25.8 Å². The molecule has 2 heterocycles. The Balaban J connectivity index is 2.30. The molecule has 6 nitrogen and oxygen atoms in total. The molecule has 0 aromatic carbocycles. The van der Waals surface area contributed by atoms with Gasteiger partial charge in [0.05, 0.1) is 0 Å². The Hall–Kier alpha value is -1.73. The zero-order valence-electron chi connectivity index (χ0n) is 10.4. The van der Waals surface area contributed by atoms with E-state index in [4.69, 9.17) is 5.84 Å². The van der Waals surface area contributed by atoms with E-state index < -0.39 is 0 Å². The van der Waals surface area contributed by atoms with E-state index in [2.05, 4.69) is 25.4 Å². The van der Waals surface area contributed by atoms with Gasteiger partial charge in [0.1, 0.15) is 16.7 Å². The van der Waals surface area contributed by atoms with E-state index >= 15 is 0 Å². The number of hydrogen-bond acceptors (Lipinski definition) is 7. The second-order valence-corrected chi connectivity index (χ2v) is 4.81. The second-order valence-electron chi connectivity index (χ2n) is 3.82. The molecule has 94 valence electrons. The number of rotatable bonds is 3. The second kappa shape index (κ2) is 5.28. The fourth-order valence-electron chi connectivity index (χ4n) is 1.50. The lowest BCUT2D eigenvalue weighted by Crippen LogP contribution is -2.09. The van der Waals surface area contributed by atoms with Crippen LogP contribution >= 0.6 is 11.8 Å². The third-order valence-electron chi connectivity index (χ3n) is 2.12. The molecule has 0 amide bonds.